The van der Waals surface area contributed by atoms with Crippen molar-refractivity contribution >= 4 is 0 Å². The van der Waals surface area contributed by atoms with Crippen LogP contribution in [-0.4, -0.2) is 13.2 Å². The molecule has 1 unspecified atom stereocenters. The molecule has 0 radical (unpaired) electrons. The molecule has 2 heteroatoms. The molecule has 0 amide bonds. The minimum atomic E-state index is 0.390. The monoisotopic (exact) mass is 191 g/mol. The lowest BCUT2D eigenvalue weighted by Gasteiger charge is -2.09. The zero-order valence-corrected chi connectivity index (χ0v) is 8.84. The van der Waals surface area contributed by atoms with E-state index in [0.29, 0.717) is 6.04 Å². The van der Waals surface area contributed by atoms with Gasteiger partial charge in [0, 0.05) is 5.56 Å². The van der Waals surface area contributed by atoms with Crippen LogP contribution in [0.2, 0.25) is 0 Å². The molecule has 0 spiro atoms. The lowest BCUT2D eigenvalue weighted by molar-refractivity contribution is 0.313. The van der Waals surface area contributed by atoms with Crippen LogP contribution in [0.5, 0.6) is 5.75 Å². The van der Waals surface area contributed by atoms with Gasteiger partial charge in [-0.15, -0.1) is 0 Å². The summed E-state index contributed by atoms with van der Waals surface area (Å²) in [6, 6.07) is 6.88. The molecule has 1 N–H and O–H groups in total. The van der Waals surface area contributed by atoms with Gasteiger partial charge in [0.05, 0.1) is 6.04 Å². The molecule has 1 aliphatic rings. The summed E-state index contributed by atoms with van der Waals surface area (Å²) in [7, 11) is 0. The molecular formula is C12H17NO. The van der Waals surface area contributed by atoms with Gasteiger partial charge in [0.25, 0.3) is 0 Å². The summed E-state index contributed by atoms with van der Waals surface area (Å²) in [5.41, 5.74) is 2.71. The summed E-state index contributed by atoms with van der Waals surface area (Å²) in [5.74, 6) is 1.05. The maximum Gasteiger partial charge on any atom is 0.124 e. The summed E-state index contributed by atoms with van der Waals surface area (Å²) in [5, 5.41) is 3.43. The molecule has 2 rings (SSSR count). The standard InChI is InChI=1S/C12H17NO/c1-3-9-5-6-12-10(7-9)11(8-14-12)13-4-2/h5-7,11,13H,3-4,8H2,1-2H3. The Balaban J connectivity index is 2.27. The van der Waals surface area contributed by atoms with Crippen molar-refractivity contribution in [1.29, 1.82) is 0 Å². The summed E-state index contributed by atoms with van der Waals surface area (Å²) in [4.78, 5) is 0. The third kappa shape index (κ3) is 1.62. The summed E-state index contributed by atoms with van der Waals surface area (Å²) in [6.07, 6.45) is 1.09. The van der Waals surface area contributed by atoms with E-state index in [2.05, 4.69) is 37.4 Å². The zero-order valence-electron chi connectivity index (χ0n) is 8.84. The molecule has 1 heterocycles. The zero-order chi connectivity index (χ0) is 9.97. The topological polar surface area (TPSA) is 21.3 Å². The number of rotatable bonds is 3. The second kappa shape index (κ2) is 4.01. The molecular weight excluding hydrogens is 174 g/mol. The average Bonchev–Trinajstić information content (AvgIpc) is 2.61. The van der Waals surface area contributed by atoms with Crippen molar-refractivity contribution in [3.63, 3.8) is 0 Å². The Kier molecular flexibility index (Phi) is 2.73. The Labute approximate surface area is 85.3 Å². The number of benzene rings is 1. The first-order valence-electron chi connectivity index (χ1n) is 5.34. The molecule has 2 nitrogen and oxygen atoms in total. The summed E-state index contributed by atoms with van der Waals surface area (Å²) < 4.78 is 5.60. The smallest absolute Gasteiger partial charge is 0.124 e. The van der Waals surface area contributed by atoms with Crippen molar-refractivity contribution in [2.75, 3.05) is 13.2 Å². The number of likely N-dealkylation sites (N-methyl/N-ethyl adjacent to an activating group) is 1. The van der Waals surface area contributed by atoms with Crippen LogP contribution in [0, 0.1) is 0 Å². The predicted molar refractivity (Wildman–Crippen MR) is 57.7 cm³/mol. The van der Waals surface area contributed by atoms with Crippen LogP contribution in [0.4, 0.5) is 0 Å². The normalized spacial score (nSPS) is 19.1. The summed E-state index contributed by atoms with van der Waals surface area (Å²) >= 11 is 0. The van der Waals surface area contributed by atoms with Gasteiger partial charge >= 0.3 is 0 Å². The van der Waals surface area contributed by atoms with Gasteiger partial charge in [-0.3, -0.25) is 0 Å². The van der Waals surface area contributed by atoms with Crippen LogP contribution in [0.15, 0.2) is 18.2 Å². The van der Waals surface area contributed by atoms with Gasteiger partial charge in [-0.2, -0.15) is 0 Å². The number of hydrogen-bond donors (Lipinski definition) is 1. The van der Waals surface area contributed by atoms with E-state index in [1.807, 2.05) is 0 Å². The highest BCUT2D eigenvalue weighted by Gasteiger charge is 2.22. The molecule has 0 fully saturated rings. The first-order valence-corrected chi connectivity index (χ1v) is 5.34. The highest BCUT2D eigenvalue weighted by Crippen LogP contribution is 2.32. The van der Waals surface area contributed by atoms with Crippen molar-refractivity contribution < 1.29 is 4.74 Å². The second-order valence-electron chi connectivity index (χ2n) is 3.65. The fourth-order valence-corrected chi connectivity index (χ4v) is 1.90. The maximum absolute atomic E-state index is 5.60. The molecule has 1 aromatic rings. The quantitative estimate of drug-likeness (QED) is 0.791. The van der Waals surface area contributed by atoms with E-state index < -0.39 is 0 Å². The average molecular weight is 191 g/mol. The first kappa shape index (κ1) is 9.53. The van der Waals surface area contributed by atoms with E-state index in [-0.39, 0.29) is 0 Å². The molecule has 1 aromatic carbocycles. The number of aryl methyl sites for hydroxylation is 1. The highest BCUT2D eigenvalue weighted by atomic mass is 16.5. The fraction of sp³-hybridized carbons (Fsp3) is 0.500. The van der Waals surface area contributed by atoms with Gasteiger partial charge in [-0.05, 0) is 24.6 Å². The molecule has 0 bridgehead atoms. The molecule has 0 aromatic heterocycles. The van der Waals surface area contributed by atoms with Gasteiger partial charge in [0.1, 0.15) is 12.4 Å². The third-order valence-corrected chi connectivity index (χ3v) is 2.71. The van der Waals surface area contributed by atoms with Crippen LogP contribution in [0.25, 0.3) is 0 Å². The Morgan fingerprint density at radius 1 is 1.43 bits per heavy atom. The van der Waals surface area contributed by atoms with Crippen molar-refractivity contribution in [1.82, 2.24) is 5.32 Å². The Morgan fingerprint density at radius 3 is 3.00 bits per heavy atom. The second-order valence-corrected chi connectivity index (χ2v) is 3.65. The lowest BCUT2D eigenvalue weighted by atomic mass is 10.0. The molecule has 1 aliphatic heterocycles. The van der Waals surface area contributed by atoms with E-state index in [0.717, 1.165) is 25.3 Å². The number of ether oxygens (including phenoxy) is 1. The van der Waals surface area contributed by atoms with E-state index >= 15 is 0 Å². The van der Waals surface area contributed by atoms with Crippen LogP contribution < -0.4 is 10.1 Å². The third-order valence-electron chi connectivity index (χ3n) is 2.71. The van der Waals surface area contributed by atoms with Crippen LogP contribution in [-0.2, 0) is 6.42 Å². The van der Waals surface area contributed by atoms with Gasteiger partial charge in [-0.1, -0.05) is 26.0 Å². The molecule has 14 heavy (non-hydrogen) atoms. The number of nitrogens with one attached hydrogen (secondary N) is 1. The van der Waals surface area contributed by atoms with E-state index in [1.165, 1.54) is 11.1 Å². The van der Waals surface area contributed by atoms with E-state index in [4.69, 9.17) is 4.74 Å². The minimum absolute atomic E-state index is 0.390. The Hall–Kier alpha value is -1.02. The predicted octanol–water partition coefficient (Wildman–Crippen LogP) is 2.29. The largest absolute Gasteiger partial charge is 0.491 e. The number of hydrogen-bond acceptors (Lipinski definition) is 2. The van der Waals surface area contributed by atoms with E-state index in [1.54, 1.807) is 0 Å². The van der Waals surface area contributed by atoms with Crippen LogP contribution in [0.3, 0.4) is 0 Å². The van der Waals surface area contributed by atoms with Gasteiger partial charge in [-0.25, -0.2) is 0 Å². The number of fused-ring (bicyclic) bond motifs is 1. The van der Waals surface area contributed by atoms with E-state index in [9.17, 15) is 0 Å². The highest BCUT2D eigenvalue weighted by molar-refractivity contribution is 5.42. The van der Waals surface area contributed by atoms with Crippen molar-refractivity contribution in [3.8, 4) is 5.75 Å². The molecule has 0 saturated carbocycles. The molecule has 0 saturated heterocycles. The van der Waals surface area contributed by atoms with Gasteiger partial charge in [0.2, 0.25) is 0 Å². The fourth-order valence-electron chi connectivity index (χ4n) is 1.90. The molecule has 76 valence electrons. The summed E-state index contributed by atoms with van der Waals surface area (Å²) in [6.45, 7) is 6.07. The van der Waals surface area contributed by atoms with Gasteiger partial charge in [0.15, 0.2) is 0 Å². The lowest BCUT2D eigenvalue weighted by Crippen LogP contribution is -2.21. The van der Waals surface area contributed by atoms with Crippen LogP contribution >= 0.6 is 0 Å². The Bertz CT molecular complexity index is 320. The molecule has 1 atom stereocenters. The molecule has 0 aliphatic carbocycles. The van der Waals surface area contributed by atoms with Gasteiger partial charge < -0.3 is 10.1 Å². The first-order chi connectivity index (χ1) is 6.85. The Morgan fingerprint density at radius 2 is 2.29 bits per heavy atom. The SMILES string of the molecule is CCNC1COc2ccc(CC)cc21. The maximum atomic E-state index is 5.60. The van der Waals surface area contributed by atoms with Crippen molar-refractivity contribution in [3.05, 3.63) is 29.3 Å². The van der Waals surface area contributed by atoms with Crippen molar-refractivity contribution in [2.45, 2.75) is 26.3 Å². The van der Waals surface area contributed by atoms with Crippen molar-refractivity contribution in [2.24, 2.45) is 0 Å². The minimum Gasteiger partial charge on any atom is -0.491 e. The van der Waals surface area contributed by atoms with Crippen LogP contribution in [0.1, 0.15) is 31.0 Å².